The second kappa shape index (κ2) is 9.21. The number of carbonyl (C=O) groups is 2. The highest BCUT2D eigenvalue weighted by atomic mass is 16.5. The lowest BCUT2D eigenvalue weighted by Gasteiger charge is -2.18. The highest BCUT2D eigenvalue weighted by Gasteiger charge is 2.18. The van der Waals surface area contributed by atoms with Crippen LogP contribution in [0.5, 0.6) is 5.75 Å². The molecule has 2 amide bonds. The Labute approximate surface area is 161 Å². The van der Waals surface area contributed by atoms with Gasteiger partial charge in [-0.15, -0.1) is 0 Å². The quantitative estimate of drug-likeness (QED) is 0.757. The predicted molar refractivity (Wildman–Crippen MR) is 108 cm³/mol. The molecule has 0 radical (unpaired) electrons. The molecule has 1 unspecified atom stereocenters. The van der Waals surface area contributed by atoms with Crippen LogP contribution < -0.4 is 15.4 Å². The molecule has 5 nitrogen and oxygen atoms in total. The number of nitrogens with one attached hydrogen (secondary N) is 2. The van der Waals surface area contributed by atoms with Gasteiger partial charge in [-0.25, -0.2) is 0 Å². The Morgan fingerprint density at radius 2 is 1.81 bits per heavy atom. The third-order valence-electron chi connectivity index (χ3n) is 4.21. The number of anilines is 1. The van der Waals surface area contributed by atoms with Crippen LogP contribution in [0.25, 0.3) is 0 Å². The van der Waals surface area contributed by atoms with Crippen molar-refractivity contribution in [3.05, 3.63) is 59.2 Å². The van der Waals surface area contributed by atoms with Crippen LogP contribution in [0.4, 0.5) is 5.69 Å². The SMILES string of the molecule is CCOc1ccc(NC(=O)C(C)C)cc1C(=O)NC(C)c1cccc(C)c1. The molecule has 0 aromatic heterocycles. The lowest BCUT2D eigenvalue weighted by atomic mass is 10.0. The molecule has 0 bridgehead atoms. The Bertz CT molecular complexity index is 815. The highest BCUT2D eigenvalue weighted by molar-refractivity contribution is 6.00. The van der Waals surface area contributed by atoms with E-state index < -0.39 is 0 Å². The Kier molecular flexibility index (Phi) is 6.99. The standard InChI is InChI=1S/C22H28N2O3/c1-6-27-20-11-10-18(24-21(25)14(2)3)13-19(20)22(26)23-16(5)17-9-7-8-15(4)12-17/h7-14,16H,6H2,1-5H3,(H,23,26)(H,24,25). The summed E-state index contributed by atoms with van der Waals surface area (Å²) < 4.78 is 5.60. The number of rotatable bonds is 7. The van der Waals surface area contributed by atoms with E-state index in [1.165, 1.54) is 0 Å². The van der Waals surface area contributed by atoms with E-state index in [2.05, 4.69) is 10.6 Å². The zero-order chi connectivity index (χ0) is 20.0. The van der Waals surface area contributed by atoms with Crippen LogP contribution in [-0.2, 0) is 4.79 Å². The number of ether oxygens (including phenoxy) is 1. The van der Waals surface area contributed by atoms with Gasteiger partial charge in [-0.05, 0) is 44.5 Å². The van der Waals surface area contributed by atoms with Gasteiger partial charge in [0.15, 0.2) is 0 Å². The van der Waals surface area contributed by atoms with E-state index in [1.807, 2.05) is 58.9 Å². The topological polar surface area (TPSA) is 67.4 Å². The zero-order valence-electron chi connectivity index (χ0n) is 16.6. The molecule has 5 heteroatoms. The average molecular weight is 368 g/mol. The first-order valence-electron chi connectivity index (χ1n) is 9.27. The van der Waals surface area contributed by atoms with Gasteiger partial charge in [0.25, 0.3) is 5.91 Å². The molecular formula is C22H28N2O3. The second-order valence-electron chi connectivity index (χ2n) is 6.90. The monoisotopic (exact) mass is 368 g/mol. The summed E-state index contributed by atoms with van der Waals surface area (Å²) >= 11 is 0. The number of amides is 2. The molecule has 0 saturated heterocycles. The summed E-state index contributed by atoms with van der Waals surface area (Å²) in [5, 5.41) is 5.83. The van der Waals surface area contributed by atoms with Crippen LogP contribution in [0, 0.1) is 12.8 Å². The lowest BCUT2D eigenvalue weighted by Crippen LogP contribution is -2.27. The maximum Gasteiger partial charge on any atom is 0.255 e. The van der Waals surface area contributed by atoms with Gasteiger partial charge in [-0.3, -0.25) is 9.59 Å². The first-order valence-corrected chi connectivity index (χ1v) is 9.27. The Morgan fingerprint density at radius 1 is 1.07 bits per heavy atom. The van der Waals surface area contributed by atoms with Crippen molar-refractivity contribution < 1.29 is 14.3 Å². The summed E-state index contributed by atoms with van der Waals surface area (Å²) in [6, 6.07) is 13.0. The largest absolute Gasteiger partial charge is 0.493 e. The van der Waals surface area contributed by atoms with Gasteiger partial charge in [0.1, 0.15) is 5.75 Å². The van der Waals surface area contributed by atoms with E-state index >= 15 is 0 Å². The lowest BCUT2D eigenvalue weighted by molar-refractivity contribution is -0.118. The molecule has 27 heavy (non-hydrogen) atoms. The fourth-order valence-electron chi connectivity index (χ4n) is 2.65. The number of carbonyl (C=O) groups excluding carboxylic acids is 2. The fraction of sp³-hybridized carbons (Fsp3) is 0.364. The molecule has 2 aromatic rings. The maximum atomic E-state index is 12.9. The van der Waals surface area contributed by atoms with E-state index in [0.29, 0.717) is 23.6 Å². The Balaban J connectivity index is 2.24. The van der Waals surface area contributed by atoms with Crippen LogP contribution >= 0.6 is 0 Å². The van der Waals surface area contributed by atoms with Crippen molar-refractivity contribution in [3.63, 3.8) is 0 Å². The van der Waals surface area contributed by atoms with Gasteiger partial charge in [-0.2, -0.15) is 0 Å². The second-order valence-corrected chi connectivity index (χ2v) is 6.90. The van der Waals surface area contributed by atoms with Crippen LogP contribution in [0.3, 0.4) is 0 Å². The summed E-state index contributed by atoms with van der Waals surface area (Å²) in [4.78, 5) is 24.8. The summed E-state index contributed by atoms with van der Waals surface area (Å²) in [5.41, 5.74) is 3.15. The molecule has 0 aliphatic carbocycles. The number of benzene rings is 2. The number of aryl methyl sites for hydroxylation is 1. The van der Waals surface area contributed by atoms with Crippen LogP contribution in [0.1, 0.15) is 55.2 Å². The first kappa shape index (κ1) is 20.5. The number of hydrogen-bond acceptors (Lipinski definition) is 3. The summed E-state index contributed by atoms with van der Waals surface area (Å²) in [6.07, 6.45) is 0. The molecule has 0 fully saturated rings. The van der Waals surface area contributed by atoms with Crippen molar-refractivity contribution in [3.8, 4) is 5.75 Å². The minimum atomic E-state index is -0.242. The van der Waals surface area contributed by atoms with Crippen LogP contribution in [0.2, 0.25) is 0 Å². The zero-order valence-corrected chi connectivity index (χ0v) is 16.6. The van der Waals surface area contributed by atoms with Gasteiger partial charge in [0.2, 0.25) is 5.91 Å². The normalized spacial score (nSPS) is 11.8. The molecule has 1 atom stereocenters. The van der Waals surface area contributed by atoms with Gasteiger partial charge in [0, 0.05) is 11.6 Å². The van der Waals surface area contributed by atoms with E-state index in [-0.39, 0.29) is 23.8 Å². The van der Waals surface area contributed by atoms with Crippen molar-refractivity contribution in [1.29, 1.82) is 0 Å². The Morgan fingerprint density at radius 3 is 2.44 bits per heavy atom. The third-order valence-corrected chi connectivity index (χ3v) is 4.21. The Hall–Kier alpha value is -2.82. The molecule has 0 saturated carbocycles. The molecule has 2 N–H and O–H groups in total. The van der Waals surface area contributed by atoms with Gasteiger partial charge in [0.05, 0.1) is 18.2 Å². The van der Waals surface area contributed by atoms with Crippen LogP contribution in [-0.4, -0.2) is 18.4 Å². The van der Waals surface area contributed by atoms with Gasteiger partial charge in [-0.1, -0.05) is 43.7 Å². The van der Waals surface area contributed by atoms with Crippen molar-refractivity contribution in [2.45, 2.75) is 40.7 Å². The van der Waals surface area contributed by atoms with Crippen molar-refractivity contribution >= 4 is 17.5 Å². The van der Waals surface area contributed by atoms with E-state index in [9.17, 15) is 9.59 Å². The van der Waals surface area contributed by atoms with E-state index in [1.54, 1.807) is 18.2 Å². The molecule has 144 valence electrons. The molecule has 0 aliphatic heterocycles. The molecule has 0 aliphatic rings. The predicted octanol–water partition coefficient (Wildman–Crippen LogP) is 4.48. The average Bonchev–Trinajstić information content (AvgIpc) is 2.62. The summed E-state index contributed by atoms with van der Waals surface area (Å²) in [5.74, 6) is 0.0101. The maximum absolute atomic E-state index is 12.9. The molecule has 0 heterocycles. The first-order chi connectivity index (χ1) is 12.8. The molecule has 2 rings (SSSR count). The van der Waals surface area contributed by atoms with E-state index in [4.69, 9.17) is 4.74 Å². The van der Waals surface area contributed by atoms with E-state index in [0.717, 1.165) is 11.1 Å². The van der Waals surface area contributed by atoms with Crippen molar-refractivity contribution in [2.24, 2.45) is 5.92 Å². The minimum Gasteiger partial charge on any atom is -0.493 e. The van der Waals surface area contributed by atoms with Crippen molar-refractivity contribution in [2.75, 3.05) is 11.9 Å². The smallest absolute Gasteiger partial charge is 0.255 e. The minimum absolute atomic E-state index is 0.0985. The fourth-order valence-corrected chi connectivity index (χ4v) is 2.65. The molecule has 2 aromatic carbocycles. The van der Waals surface area contributed by atoms with Gasteiger partial charge < -0.3 is 15.4 Å². The van der Waals surface area contributed by atoms with Crippen LogP contribution in [0.15, 0.2) is 42.5 Å². The third kappa shape index (κ3) is 5.58. The summed E-state index contributed by atoms with van der Waals surface area (Å²) in [6.45, 7) is 9.92. The summed E-state index contributed by atoms with van der Waals surface area (Å²) in [7, 11) is 0. The highest BCUT2D eigenvalue weighted by Crippen LogP contribution is 2.25. The van der Waals surface area contributed by atoms with Gasteiger partial charge >= 0.3 is 0 Å². The number of hydrogen-bond donors (Lipinski definition) is 2. The molecular weight excluding hydrogens is 340 g/mol. The molecule has 0 spiro atoms. The van der Waals surface area contributed by atoms with Crippen molar-refractivity contribution in [1.82, 2.24) is 5.32 Å².